The van der Waals surface area contributed by atoms with Crippen LogP contribution in [0.25, 0.3) is 10.9 Å². The predicted octanol–water partition coefficient (Wildman–Crippen LogP) is 4.63. The Balaban J connectivity index is 1.82. The highest BCUT2D eigenvalue weighted by molar-refractivity contribution is 7.80. The minimum atomic E-state index is -0.458. The molecule has 0 atom stereocenters. The van der Waals surface area contributed by atoms with Crippen LogP contribution in [-0.2, 0) is 0 Å². The van der Waals surface area contributed by atoms with E-state index in [2.05, 4.69) is 20.5 Å². The fourth-order valence-corrected chi connectivity index (χ4v) is 2.17. The number of aromatic hydroxyl groups is 1. The Labute approximate surface area is 134 Å². The van der Waals surface area contributed by atoms with Crippen molar-refractivity contribution in [2.75, 3.05) is 5.32 Å². The molecule has 5 nitrogen and oxygen atoms in total. The average Bonchev–Trinajstić information content (AvgIpc) is 2.82. The van der Waals surface area contributed by atoms with E-state index in [1.807, 2.05) is 0 Å². The Morgan fingerprint density at radius 1 is 1.09 bits per heavy atom. The first-order chi connectivity index (χ1) is 11.0. The zero-order chi connectivity index (χ0) is 16.4. The first-order valence-corrected chi connectivity index (χ1v) is 6.92. The number of benzene rings is 2. The number of H-pyrrole nitrogens is 1. The van der Waals surface area contributed by atoms with E-state index in [1.165, 1.54) is 42.5 Å². The van der Waals surface area contributed by atoms with Gasteiger partial charge in [0.15, 0.2) is 5.69 Å². The van der Waals surface area contributed by atoms with E-state index in [-0.39, 0.29) is 22.5 Å². The number of fused-ring (bicyclic) bond motifs is 1. The summed E-state index contributed by atoms with van der Waals surface area (Å²) in [6.45, 7) is 0. The summed E-state index contributed by atoms with van der Waals surface area (Å²) in [6.07, 6.45) is 0. The molecule has 116 valence electrons. The monoisotopic (exact) mass is 332 g/mol. The summed E-state index contributed by atoms with van der Waals surface area (Å²) in [6, 6.07) is 9.52. The normalized spacial score (nSPS) is 11.2. The topological polar surface area (TPSA) is 72.8 Å². The summed E-state index contributed by atoms with van der Waals surface area (Å²) in [4.78, 5) is 2.66. The maximum atomic E-state index is 13.3. The van der Waals surface area contributed by atoms with E-state index in [1.54, 1.807) is 0 Å². The summed E-state index contributed by atoms with van der Waals surface area (Å²) in [7, 11) is 0. The summed E-state index contributed by atoms with van der Waals surface area (Å²) >= 11 is 5.00. The molecule has 3 aromatic rings. The van der Waals surface area contributed by atoms with Crippen molar-refractivity contribution in [3.05, 3.63) is 54.1 Å². The smallest absolute Gasteiger partial charge is 0.218 e. The molecule has 0 unspecified atom stereocenters. The second-order valence-corrected chi connectivity index (χ2v) is 5.04. The van der Waals surface area contributed by atoms with Crippen LogP contribution in [0.1, 0.15) is 0 Å². The zero-order valence-corrected chi connectivity index (χ0v) is 12.4. The summed E-state index contributed by atoms with van der Waals surface area (Å²) in [5.41, 5.74) is 1.16. The number of halogens is 2. The molecule has 0 spiro atoms. The van der Waals surface area contributed by atoms with Gasteiger partial charge in [0.1, 0.15) is 11.6 Å². The van der Waals surface area contributed by atoms with Gasteiger partial charge in [-0.15, -0.1) is 10.2 Å². The Morgan fingerprint density at radius 2 is 1.78 bits per heavy atom. The van der Waals surface area contributed by atoms with Gasteiger partial charge in [-0.2, -0.15) is 0 Å². The number of rotatable bonds is 2. The zero-order valence-electron chi connectivity index (χ0n) is 11.5. The molecule has 0 radical (unpaired) electrons. The fraction of sp³-hybridized carbons (Fsp3) is 0. The van der Waals surface area contributed by atoms with Crippen molar-refractivity contribution in [1.82, 2.24) is 4.98 Å². The minimum Gasteiger partial charge on any atom is -0.493 e. The van der Waals surface area contributed by atoms with E-state index in [0.29, 0.717) is 16.6 Å². The van der Waals surface area contributed by atoms with Crippen LogP contribution in [0.3, 0.4) is 0 Å². The average molecular weight is 332 g/mol. The van der Waals surface area contributed by atoms with Crippen LogP contribution in [0.4, 0.5) is 20.2 Å². The van der Waals surface area contributed by atoms with Crippen molar-refractivity contribution < 1.29 is 13.9 Å². The largest absolute Gasteiger partial charge is 0.493 e. The van der Waals surface area contributed by atoms with E-state index >= 15 is 0 Å². The molecular weight excluding hydrogens is 322 g/mol. The van der Waals surface area contributed by atoms with Crippen molar-refractivity contribution in [2.45, 2.75) is 0 Å². The molecule has 1 heterocycles. The van der Waals surface area contributed by atoms with Gasteiger partial charge in [-0.1, -0.05) is 0 Å². The molecular formula is C15H10F2N4OS. The van der Waals surface area contributed by atoms with Crippen molar-refractivity contribution in [1.29, 1.82) is 0 Å². The summed E-state index contributed by atoms with van der Waals surface area (Å²) < 4.78 is 26.1. The van der Waals surface area contributed by atoms with Crippen molar-refractivity contribution in [2.24, 2.45) is 10.2 Å². The van der Waals surface area contributed by atoms with Crippen molar-refractivity contribution >= 4 is 39.6 Å². The molecule has 0 amide bonds. The van der Waals surface area contributed by atoms with Crippen LogP contribution in [-0.4, -0.2) is 15.2 Å². The number of anilines is 1. The number of hydrogen-bond acceptors (Lipinski definition) is 3. The molecule has 0 bridgehead atoms. The van der Waals surface area contributed by atoms with Gasteiger partial charge in [0.2, 0.25) is 11.0 Å². The number of aromatic amines is 1. The first-order valence-electron chi connectivity index (χ1n) is 6.51. The molecule has 0 saturated carbocycles. The second kappa shape index (κ2) is 6.09. The van der Waals surface area contributed by atoms with Crippen LogP contribution in [0.5, 0.6) is 5.88 Å². The highest BCUT2D eigenvalue weighted by Crippen LogP contribution is 2.35. The van der Waals surface area contributed by atoms with Crippen LogP contribution >= 0.6 is 12.2 Å². The third-order valence-corrected chi connectivity index (χ3v) is 3.23. The van der Waals surface area contributed by atoms with Crippen molar-refractivity contribution in [3.8, 4) is 5.88 Å². The highest BCUT2D eigenvalue weighted by Gasteiger charge is 2.11. The second-order valence-electron chi connectivity index (χ2n) is 4.65. The molecule has 8 heteroatoms. The van der Waals surface area contributed by atoms with E-state index < -0.39 is 5.82 Å². The van der Waals surface area contributed by atoms with Gasteiger partial charge in [0.25, 0.3) is 0 Å². The van der Waals surface area contributed by atoms with Gasteiger partial charge >= 0.3 is 0 Å². The van der Waals surface area contributed by atoms with Crippen LogP contribution in [0.15, 0.2) is 52.7 Å². The quantitative estimate of drug-likeness (QED) is 0.473. The Bertz CT molecular complexity index is 906. The molecule has 0 saturated heterocycles. The third-order valence-electron chi connectivity index (χ3n) is 3.05. The van der Waals surface area contributed by atoms with Gasteiger partial charge in [-0.25, -0.2) is 8.78 Å². The van der Waals surface area contributed by atoms with Gasteiger partial charge < -0.3 is 15.4 Å². The Morgan fingerprint density at radius 3 is 2.52 bits per heavy atom. The molecule has 23 heavy (non-hydrogen) atoms. The lowest BCUT2D eigenvalue weighted by molar-refractivity contribution is 0.459. The molecule has 0 aliphatic heterocycles. The molecule has 3 N–H and O–H groups in total. The highest BCUT2D eigenvalue weighted by atomic mass is 32.1. The van der Waals surface area contributed by atoms with Gasteiger partial charge in [0, 0.05) is 11.1 Å². The number of nitrogens with one attached hydrogen (secondary N) is 2. The molecule has 3 rings (SSSR count). The lowest BCUT2D eigenvalue weighted by atomic mass is 10.2. The van der Waals surface area contributed by atoms with Gasteiger partial charge in [-0.05, 0) is 54.7 Å². The van der Waals surface area contributed by atoms with Crippen LogP contribution in [0, 0.1) is 11.6 Å². The van der Waals surface area contributed by atoms with E-state index in [0.717, 1.165) is 0 Å². The maximum absolute atomic E-state index is 13.3. The first kappa shape index (κ1) is 15.0. The number of hydrogen-bond donors (Lipinski definition) is 3. The summed E-state index contributed by atoms with van der Waals surface area (Å²) in [5, 5.41) is 20.6. The fourth-order valence-electron chi connectivity index (χ4n) is 2.01. The minimum absolute atomic E-state index is 0.0155. The molecule has 0 aliphatic carbocycles. The van der Waals surface area contributed by atoms with Gasteiger partial charge in [0.05, 0.1) is 5.52 Å². The molecule has 0 aliphatic rings. The van der Waals surface area contributed by atoms with E-state index in [9.17, 15) is 13.9 Å². The standard InChI is InChI=1S/C15H10F2N4OS/c16-8-1-4-10(5-2-8)18-15(23)21-20-13-11-7-9(17)3-6-12(11)19-14(13)22/h1-7,19,22H,(H,18,23). The van der Waals surface area contributed by atoms with Crippen LogP contribution in [0.2, 0.25) is 0 Å². The Kier molecular flexibility index (Phi) is 3.98. The molecule has 1 aromatic heterocycles. The molecule has 2 aromatic carbocycles. The SMILES string of the molecule is Oc1[nH]c2ccc(F)cc2c1N=NC(=S)Nc1ccc(F)cc1. The number of nitrogens with zero attached hydrogens (tertiary/aromatic N) is 2. The van der Waals surface area contributed by atoms with Crippen molar-refractivity contribution in [3.63, 3.8) is 0 Å². The summed E-state index contributed by atoms with van der Waals surface area (Å²) in [5.74, 6) is -1.06. The lowest BCUT2D eigenvalue weighted by Gasteiger charge is -2.02. The number of azo groups is 1. The number of aromatic nitrogens is 1. The van der Waals surface area contributed by atoms with Crippen LogP contribution < -0.4 is 5.32 Å². The molecule has 0 fully saturated rings. The van der Waals surface area contributed by atoms with E-state index in [4.69, 9.17) is 12.2 Å². The predicted molar refractivity (Wildman–Crippen MR) is 87.1 cm³/mol. The third kappa shape index (κ3) is 3.32. The van der Waals surface area contributed by atoms with Gasteiger partial charge in [-0.3, -0.25) is 0 Å². The number of thiocarbonyl (C=S) groups is 1. The maximum Gasteiger partial charge on any atom is 0.218 e. The Hall–Kier alpha value is -2.87. The lowest BCUT2D eigenvalue weighted by Crippen LogP contribution is -2.04.